The molecule has 0 aliphatic carbocycles. The molecule has 0 aliphatic heterocycles. The summed E-state index contributed by atoms with van der Waals surface area (Å²) in [7, 11) is 1.76. The second-order valence-corrected chi connectivity index (χ2v) is 7.89. The van der Waals surface area contributed by atoms with E-state index in [2.05, 4.69) is 20.4 Å². The molecule has 3 aromatic heterocycles. The van der Waals surface area contributed by atoms with E-state index in [0.29, 0.717) is 59.0 Å². The van der Waals surface area contributed by atoms with Crippen molar-refractivity contribution in [1.82, 2.24) is 24.7 Å². The van der Waals surface area contributed by atoms with Crippen LogP contribution in [0.2, 0.25) is 0 Å². The highest BCUT2D eigenvalue weighted by molar-refractivity contribution is 5.97. The summed E-state index contributed by atoms with van der Waals surface area (Å²) in [6, 6.07) is 12.5. The molecule has 0 radical (unpaired) electrons. The third-order valence-corrected chi connectivity index (χ3v) is 5.47. The van der Waals surface area contributed by atoms with E-state index >= 15 is 0 Å². The number of hydrogen-bond donors (Lipinski definition) is 1. The minimum Gasteiger partial charge on any atom is -0.491 e. The number of anilines is 1. The molecule has 7 nitrogen and oxygen atoms in total. The molecule has 0 saturated heterocycles. The minimum atomic E-state index is -0.654. The van der Waals surface area contributed by atoms with Crippen molar-refractivity contribution < 1.29 is 13.5 Å². The maximum atomic E-state index is 14.0. The van der Waals surface area contributed by atoms with Gasteiger partial charge in [-0.25, -0.2) is 18.7 Å². The highest BCUT2D eigenvalue weighted by Crippen LogP contribution is 2.36. The quantitative estimate of drug-likeness (QED) is 0.307. The highest BCUT2D eigenvalue weighted by atomic mass is 19.1. The molecular formula is C26H22F2N6O. The fraction of sp³-hybridized carbons (Fsp3) is 0.154. The Morgan fingerprint density at radius 1 is 0.943 bits per heavy atom. The van der Waals surface area contributed by atoms with Crippen molar-refractivity contribution in [3.63, 3.8) is 0 Å². The number of hydrogen-bond acceptors (Lipinski definition) is 6. The van der Waals surface area contributed by atoms with E-state index in [9.17, 15) is 8.78 Å². The number of aromatic nitrogens is 5. The predicted molar refractivity (Wildman–Crippen MR) is 130 cm³/mol. The Labute approximate surface area is 200 Å². The lowest BCUT2D eigenvalue weighted by Crippen LogP contribution is -2.06. The van der Waals surface area contributed by atoms with Crippen molar-refractivity contribution in [2.45, 2.75) is 13.0 Å². The third kappa shape index (κ3) is 4.93. The lowest BCUT2D eigenvalue weighted by molar-refractivity contribution is 0.301. The maximum Gasteiger partial charge on any atom is 0.163 e. The monoisotopic (exact) mass is 472 g/mol. The van der Waals surface area contributed by atoms with E-state index in [1.165, 1.54) is 12.1 Å². The summed E-state index contributed by atoms with van der Waals surface area (Å²) in [4.78, 5) is 13.6. The van der Waals surface area contributed by atoms with Gasteiger partial charge in [0.25, 0.3) is 0 Å². The number of benzene rings is 2. The van der Waals surface area contributed by atoms with Crippen molar-refractivity contribution >= 4 is 16.7 Å². The van der Waals surface area contributed by atoms with Crippen LogP contribution in [0.3, 0.4) is 0 Å². The number of rotatable bonds is 8. The number of fused-ring (bicyclic) bond motifs is 1. The fourth-order valence-electron chi connectivity index (χ4n) is 3.85. The lowest BCUT2D eigenvalue weighted by atomic mass is 10.0. The minimum absolute atomic E-state index is 0.393. The van der Waals surface area contributed by atoms with Crippen LogP contribution < -0.4 is 10.1 Å². The van der Waals surface area contributed by atoms with Gasteiger partial charge in [-0.1, -0.05) is 0 Å². The van der Waals surface area contributed by atoms with Gasteiger partial charge in [-0.15, -0.1) is 0 Å². The number of aryl methyl sites for hydroxylation is 1. The molecule has 0 spiro atoms. The first-order valence-corrected chi connectivity index (χ1v) is 11.1. The fourth-order valence-corrected chi connectivity index (χ4v) is 3.85. The van der Waals surface area contributed by atoms with Crippen molar-refractivity contribution in [3.05, 3.63) is 85.0 Å². The van der Waals surface area contributed by atoms with Crippen LogP contribution in [0.5, 0.6) is 5.75 Å². The Morgan fingerprint density at radius 3 is 2.49 bits per heavy atom. The average molecular weight is 472 g/mol. The van der Waals surface area contributed by atoms with E-state index in [4.69, 9.17) is 9.72 Å². The molecule has 0 bridgehead atoms. The molecule has 35 heavy (non-hydrogen) atoms. The number of halogens is 2. The number of nitrogens with one attached hydrogen (secondary N) is 1. The lowest BCUT2D eigenvalue weighted by Gasteiger charge is -2.15. The Balaban J connectivity index is 1.60. The first-order chi connectivity index (χ1) is 17.1. The third-order valence-electron chi connectivity index (χ3n) is 5.47. The van der Waals surface area contributed by atoms with Gasteiger partial charge in [0.2, 0.25) is 0 Å². The summed E-state index contributed by atoms with van der Waals surface area (Å²) < 4.78 is 35.9. The molecule has 5 rings (SSSR count). The maximum absolute atomic E-state index is 14.0. The first kappa shape index (κ1) is 22.4. The van der Waals surface area contributed by atoms with Gasteiger partial charge in [0.1, 0.15) is 28.7 Å². The molecule has 1 N–H and O–H groups in total. The smallest absolute Gasteiger partial charge is 0.163 e. The summed E-state index contributed by atoms with van der Waals surface area (Å²) in [5.41, 5.74) is 2.33. The van der Waals surface area contributed by atoms with Crippen LogP contribution in [0.15, 0.2) is 73.3 Å². The van der Waals surface area contributed by atoms with Crippen molar-refractivity contribution in [2.75, 3.05) is 19.0 Å². The summed E-state index contributed by atoms with van der Waals surface area (Å²) in [6.45, 7) is 1.09. The van der Waals surface area contributed by atoms with Crippen molar-refractivity contribution in [3.8, 4) is 28.3 Å². The van der Waals surface area contributed by atoms with E-state index in [1.54, 1.807) is 37.8 Å². The van der Waals surface area contributed by atoms with Crippen LogP contribution in [0.25, 0.3) is 33.4 Å². The van der Waals surface area contributed by atoms with Gasteiger partial charge >= 0.3 is 0 Å². The molecular weight excluding hydrogens is 450 g/mol. The zero-order chi connectivity index (χ0) is 24.2. The highest BCUT2D eigenvalue weighted by Gasteiger charge is 2.16. The Hall–Kier alpha value is -4.40. The van der Waals surface area contributed by atoms with Crippen LogP contribution >= 0.6 is 0 Å². The van der Waals surface area contributed by atoms with E-state index in [1.807, 2.05) is 29.1 Å². The van der Waals surface area contributed by atoms with Gasteiger partial charge in [0.15, 0.2) is 5.82 Å². The molecule has 5 aromatic rings. The molecule has 176 valence electrons. The zero-order valence-corrected chi connectivity index (χ0v) is 18.9. The van der Waals surface area contributed by atoms with Crippen LogP contribution in [0, 0.1) is 11.6 Å². The van der Waals surface area contributed by atoms with Crippen molar-refractivity contribution in [1.29, 1.82) is 0 Å². The van der Waals surface area contributed by atoms with Gasteiger partial charge < -0.3 is 10.1 Å². The van der Waals surface area contributed by atoms with Gasteiger partial charge in [-0.2, -0.15) is 5.10 Å². The predicted octanol–water partition coefficient (Wildman–Crippen LogP) is 5.34. The largest absolute Gasteiger partial charge is 0.491 e. The Morgan fingerprint density at radius 2 is 1.77 bits per heavy atom. The van der Waals surface area contributed by atoms with Crippen LogP contribution in [-0.2, 0) is 6.54 Å². The van der Waals surface area contributed by atoms with Crippen LogP contribution in [-0.4, -0.2) is 38.4 Å². The number of nitrogens with zero attached hydrogens (tertiary/aromatic N) is 5. The van der Waals surface area contributed by atoms with Crippen LogP contribution in [0.4, 0.5) is 14.6 Å². The van der Waals surface area contributed by atoms with Crippen molar-refractivity contribution in [2.24, 2.45) is 0 Å². The summed E-state index contributed by atoms with van der Waals surface area (Å²) >= 11 is 0. The van der Waals surface area contributed by atoms with Gasteiger partial charge in [-0.3, -0.25) is 9.67 Å². The number of pyridine rings is 1. The Bertz CT molecular complexity index is 1440. The zero-order valence-electron chi connectivity index (χ0n) is 18.9. The van der Waals surface area contributed by atoms with E-state index in [-0.39, 0.29) is 0 Å². The summed E-state index contributed by atoms with van der Waals surface area (Å²) in [5.74, 6) is 0.235. The average Bonchev–Trinajstić information content (AvgIpc) is 3.39. The van der Waals surface area contributed by atoms with E-state index < -0.39 is 11.6 Å². The standard InChI is InChI=1S/C26H22F2N6O/c1-29-26-22-13-19(18-11-20(27)15-21(28)12-18)14-23(35-10-4-9-34-8-3-7-31-34)24(22)32-25(33-26)17-5-2-6-30-16-17/h2-3,5-8,11-16H,4,9-10H2,1H3,(H,29,32,33). The molecule has 0 amide bonds. The molecule has 0 saturated carbocycles. The SMILES string of the molecule is CNc1nc(-c2cccnc2)nc2c(OCCCn3cccn3)cc(-c3cc(F)cc(F)c3)cc12. The molecule has 0 unspecified atom stereocenters. The Kier molecular flexibility index (Phi) is 6.30. The molecule has 0 atom stereocenters. The van der Waals surface area contributed by atoms with Gasteiger partial charge in [-0.05, 0) is 53.6 Å². The topological polar surface area (TPSA) is 77.8 Å². The first-order valence-electron chi connectivity index (χ1n) is 11.1. The van der Waals surface area contributed by atoms with Crippen LogP contribution in [0.1, 0.15) is 6.42 Å². The number of ether oxygens (including phenoxy) is 1. The molecule has 9 heteroatoms. The summed E-state index contributed by atoms with van der Waals surface area (Å²) in [6.07, 6.45) is 7.70. The van der Waals surface area contributed by atoms with E-state index in [0.717, 1.165) is 11.6 Å². The molecule has 2 aromatic carbocycles. The second kappa shape index (κ2) is 9.84. The normalized spacial score (nSPS) is 11.1. The summed E-state index contributed by atoms with van der Waals surface area (Å²) in [5, 5.41) is 7.98. The molecule has 3 heterocycles. The van der Waals surface area contributed by atoms with Gasteiger partial charge in [0.05, 0.1) is 6.61 Å². The molecule has 0 fully saturated rings. The second-order valence-electron chi connectivity index (χ2n) is 7.89. The van der Waals surface area contributed by atoms with Gasteiger partial charge in [0, 0.05) is 61.8 Å². The molecule has 0 aliphatic rings.